The molecule has 1 amide bonds. The molecule has 7 heteroatoms. The molecule has 1 saturated heterocycles. The van der Waals surface area contributed by atoms with Crippen LogP contribution in [0.25, 0.3) is 0 Å². The van der Waals surface area contributed by atoms with Crippen molar-refractivity contribution >= 4 is 17.5 Å². The number of methoxy groups -OCH3 is 1. The van der Waals surface area contributed by atoms with Gasteiger partial charge in [0, 0.05) is 44.9 Å². The second-order valence-corrected chi connectivity index (χ2v) is 7.18. The third-order valence-corrected chi connectivity index (χ3v) is 4.81. The smallest absolute Gasteiger partial charge is 0.256 e. The summed E-state index contributed by atoms with van der Waals surface area (Å²) in [6.45, 7) is 3.22. The predicted octanol–water partition coefficient (Wildman–Crippen LogP) is 2.13. The SMILES string of the molecule is COCCN(C)C[C@H]1C[C@H](CO)CN(C(=O)c2cc(Cl)ccc2F)C1. The zero-order valence-electron chi connectivity index (χ0n) is 14.8. The van der Waals surface area contributed by atoms with Crippen molar-refractivity contribution in [1.29, 1.82) is 0 Å². The number of benzene rings is 1. The molecular weight excluding hydrogens is 347 g/mol. The van der Waals surface area contributed by atoms with Crippen LogP contribution in [-0.2, 0) is 4.74 Å². The summed E-state index contributed by atoms with van der Waals surface area (Å²) in [5.74, 6) is -0.725. The minimum Gasteiger partial charge on any atom is -0.396 e. The van der Waals surface area contributed by atoms with Gasteiger partial charge in [0.1, 0.15) is 5.82 Å². The lowest BCUT2D eigenvalue weighted by atomic mass is 9.89. The van der Waals surface area contributed by atoms with E-state index in [0.717, 1.165) is 19.5 Å². The highest BCUT2D eigenvalue weighted by molar-refractivity contribution is 6.31. The number of nitrogens with zero attached hydrogens (tertiary/aromatic N) is 2. The Hall–Kier alpha value is -1.21. The average molecular weight is 373 g/mol. The van der Waals surface area contributed by atoms with Crippen LogP contribution in [-0.4, -0.2) is 74.4 Å². The summed E-state index contributed by atoms with van der Waals surface area (Å²) >= 11 is 5.91. The maximum Gasteiger partial charge on any atom is 0.256 e. The molecule has 1 aromatic carbocycles. The Kier molecular flexibility index (Phi) is 7.62. The van der Waals surface area contributed by atoms with Crippen molar-refractivity contribution in [3.63, 3.8) is 0 Å². The summed E-state index contributed by atoms with van der Waals surface area (Å²) in [4.78, 5) is 16.5. The fourth-order valence-electron chi connectivity index (χ4n) is 3.36. The van der Waals surface area contributed by atoms with Gasteiger partial charge in [-0.15, -0.1) is 0 Å². The molecule has 0 radical (unpaired) electrons. The molecule has 1 heterocycles. The molecule has 140 valence electrons. The number of ether oxygens (including phenoxy) is 1. The monoisotopic (exact) mass is 372 g/mol. The van der Waals surface area contributed by atoms with Crippen LogP contribution in [0, 0.1) is 17.7 Å². The van der Waals surface area contributed by atoms with E-state index in [4.69, 9.17) is 16.3 Å². The maximum absolute atomic E-state index is 14.0. The first kappa shape index (κ1) is 20.1. The van der Waals surface area contributed by atoms with Gasteiger partial charge in [-0.2, -0.15) is 0 Å². The molecule has 2 atom stereocenters. The third-order valence-electron chi connectivity index (χ3n) is 4.58. The van der Waals surface area contributed by atoms with Crippen LogP contribution in [0.15, 0.2) is 18.2 Å². The molecule has 5 nitrogen and oxygen atoms in total. The van der Waals surface area contributed by atoms with Gasteiger partial charge < -0.3 is 19.6 Å². The summed E-state index contributed by atoms with van der Waals surface area (Å²) in [7, 11) is 3.67. The van der Waals surface area contributed by atoms with E-state index in [0.29, 0.717) is 24.7 Å². The molecular formula is C18H26ClFN2O3. The van der Waals surface area contributed by atoms with Gasteiger partial charge in [-0.3, -0.25) is 4.79 Å². The molecule has 0 saturated carbocycles. The summed E-state index contributed by atoms with van der Waals surface area (Å²) in [5, 5.41) is 9.92. The second-order valence-electron chi connectivity index (χ2n) is 6.74. The Morgan fingerprint density at radius 3 is 2.84 bits per heavy atom. The number of carbonyl (C=O) groups excluding carboxylic acids is 1. The Labute approximate surface area is 153 Å². The number of hydrogen-bond donors (Lipinski definition) is 1. The first-order valence-electron chi connectivity index (χ1n) is 8.47. The molecule has 2 rings (SSSR count). The molecule has 0 bridgehead atoms. The topological polar surface area (TPSA) is 53.0 Å². The number of aliphatic hydroxyl groups excluding tert-OH is 1. The number of likely N-dealkylation sites (tertiary alicyclic amines) is 1. The van der Waals surface area contributed by atoms with Gasteiger partial charge in [0.05, 0.1) is 12.2 Å². The van der Waals surface area contributed by atoms with Gasteiger partial charge in [-0.05, 0) is 43.5 Å². The zero-order valence-corrected chi connectivity index (χ0v) is 15.5. The second kappa shape index (κ2) is 9.48. The van der Waals surface area contributed by atoms with Crippen LogP contribution in [0.1, 0.15) is 16.8 Å². The number of halogens is 2. The van der Waals surface area contributed by atoms with Crippen molar-refractivity contribution < 1.29 is 19.0 Å². The standard InChI is InChI=1S/C18H26ClFN2O3/c1-21(5-6-25-2)9-13-7-14(12-23)11-22(10-13)18(24)16-8-15(19)3-4-17(16)20/h3-4,8,13-14,23H,5-7,9-12H2,1-2H3/t13-,14+/m1/s1. The van der Waals surface area contributed by atoms with E-state index in [-0.39, 0.29) is 29.9 Å². The lowest BCUT2D eigenvalue weighted by Gasteiger charge is -2.38. The van der Waals surface area contributed by atoms with Gasteiger partial charge in [0.25, 0.3) is 5.91 Å². The van der Waals surface area contributed by atoms with Crippen LogP contribution in [0.4, 0.5) is 4.39 Å². The van der Waals surface area contributed by atoms with E-state index in [9.17, 15) is 14.3 Å². The number of likely N-dealkylation sites (N-methyl/N-ethyl adjacent to an activating group) is 1. The minimum absolute atomic E-state index is 0.000713. The lowest BCUT2D eigenvalue weighted by molar-refractivity contribution is 0.0447. The predicted molar refractivity (Wildman–Crippen MR) is 95.4 cm³/mol. The molecule has 0 aliphatic carbocycles. The maximum atomic E-state index is 14.0. The summed E-state index contributed by atoms with van der Waals surface area (Å²) in [5.41, 5.74) is -0.0161. The number of carbonyl (C=O) groups is 1. The van der Waals surface area contributed by atoms with E-state index < -0.39 is 5.82 Å². The van der Waals surface area contributed by atoms with E-state index in [2.05, 4.69) is 4.90 Å². The van der Waals surface area contributed by atoms with Crippen molar-refractivity contribution in [2.45, 2.75) is 6.42 Å². The number of rotatable bonds is 7. The van der Waals surface area contributed by atoms with Crippen LogP contribution < -0.4 is 0 Å². The Bertz CT molecular complexity index is 587. The van der Waals surface area contributed by atoms with E-state index in [1.807, 2.05) is 7.05 Å². The molecule has 1 aliphatic rings. The molecule has 0 unspecified atom stereocenters. The van der Waals surface area contributed by atoms with Crippen molar-refractivity contribution in [2.24, 2.45) is 11.8 Å². The van der Waals surface area contributed by atoms with Crippen LogP contribution in [0.5, 0.6) is 0 Å². The molecule has 0 spiro atoms. The molecule has 0 aromatic heterocycles. The van der Waals surface area contributed by atoms with Crippen molar-refractivity contribution in [3.8, 4) is 0 Å². The lowest BCUT2D eigenvalue weighted by Crippen LogP contribution is -2.48. The number of piperidine rings is 1. The van der Waals surface area contributed by atoms with E-state index >= 15 is 0 Å². The normalized spacial score (nSPS) is 21.0. The highest BCUT2D eigenvalue weighted by atomic mass is 35.5. The van der Waals surface area contributed by atoms with Gasteiger partial charge in [0.15, 0.2) is 0 Å². The fourth-order valence-corrected chi connectivity index (χ4v) is 3.53. The largest absolute Gasteiger partial charge is 0.396 e. The molecule has 1 aromatic rings. The zero-order chi connectivity index (χ0) is 18.4. The molecule has 1 aliphatic heterocycles. The number of aliphatic hydroxyl groups is 1. The van der Waals surface area contributed by atoms with Gasteiger partial charge >= 0.3 is 0 Å². The average Bonchev–Trinajstić information content (AvgIpc) is 2.61. The highest BCUT2D eigenvalue weighted by Gasteiger charge is 2.31. The first-order valence-corrected chi connectivity index (χ1v) is 8.85. The third kappa shape index (κ3) is 5.64. The van der Waals surface area contributed by atoms with Crippen molar-refractivity contribution in [2.75, 3.05) is 53.6 Å². The van der Waals surface area contributed by atoms with E-state index in [1.165, 1.54) is 18.2 Å². The Morgan fingerprint density at radius 2 is 2.16 bits per heavy atom. The summed E-state index contributed by atoms with van der Waals surface area (Å²) in [6.07, 6.45) is 0.843. The first-order chi connectivity index (χ1) is 11.9. The van der Waals surface area contributed by atoms with Crippen LogP contribution >= 0.6 is 11.6 Å². The summed E-state index contributed by atoms with van der Waals surface area (Å²) < 4.78 is 19.1. The highest BCUT2D eigenvalue weighted by Crippen LogP contribution is 2.25. The molecule has 25 heavy (non-hydrogen) atoms. The van der Waals surface area contributed by atoms with Crippen molar-refractivity contribution in [1.82, 2.24) is 9.80 Å². The number of amides is 1. The Morgan fingerprint density at radius 1 is 1.44 bits per heavy atom. The van der Waals surface area contributed by atoms with Gasteiger partial charge in [-0.25, -0.2) is 4.39 Å². The van der Waals surface area contributed by atoms with E-state index in [1.54, 1.807) is 12.0 Å². The van der Waals surface area contributed by atoms with Crippen LogP contribution in [0.3, 0.4) is 0 Å². The van der Waals surface area contributed by atoms with Gasteiger partial charge in [-0.1, -0.05) is 11.6 Å². The summed E-state index contributed by atoms with van der Waals surface area (Å²) in [6, 6.07) is 3.99. The fraction of sp³-hybridized carbons (Fsp3) is 0.611. The quantitative estimate of drug-likeness (QED) is 0.796. The number of hydrogen-bond acceptors (Lipinski definition) is 4. The molecule has 1 fully saturated rings. The van der Waals surface area contributed by atoms with Crippen LogP contribution in [0.2, 0.25) is 5.02 Å². The minimum atomic E-state index is -0.575. The Balaban J connectivity index is 2.08. The van der Waals surface area contributed by atoms with Crippen molar-refractivity contribution in [3.05, 3.63) is 34.6 Å². The van der Waals surface area contributed by atoms with Gasteiger partial charge in [0.2, 0.25) is 0 Å². The molecule has 1 N–H and O–H groups in total.